The summed E-state index contributed by atoms with van der Waals surface area (Å²) in [6.07, 6.45) is 1.85. The van der Waals surface area contributed by atoms with E-state index in [1.54, 1.807) is 11.8 Å². The van der Waals surface area contributed by atoms with Crippen LogP contribution in [0.3, 0.4) is 0 Å². The van der Waals surface area contributed by atoms with Gasteiger partial charge in [0.15, 0.2) is 0 Å². The van der Waals surface area contributed by atoms with Crippen molar-refractivity contribution in [3.8, 4) is 0 Å². The molecule has 3 heteroatoms. The van der Waals surface area contributed by atoms with E-state index in [4.69, 9.17) is 5.73 Å². The number of pyridine rings is 1. The lowest BCUT2D eigenvalue weighted by Crippen LogP contribution is -2.00. The average Bonchev–Trinajstić information content (AvgIpc) is 2.37. The lowest BCUT2D eigenvalue weighted by molar-refractivity contribution is 1.11. The summed E-state index contributed by atoms with van der Waals surface area (Å²) in [5.74, 6) is 0.860. The minimum Gasteiger partial charge on any atom is -0.398 e. The van der Waals surface area contributed by atoms with Gasteiger partial charge in [-0.05, 0) is 44.0 Å². The zero-order chi connectivity index (χ0) is 13.1. The first-order valence-corrected chi connectivity index (χ1v) is 6.96. The molecule has 18 heavy (non-hydrogen) atoms. The van der Waals surface area contributed by atoms with Crippen molar-refractivity contribution < 1.29 is 0 Å². The van der Waals surface area contributed by atoms with E-state index < -0.39 is 0 Å². The van der Waals surface area contributed by atoms with Gasteiger partial charge < -0.3 is 5.73 Å². The van der Waals surface area contributed by atoms with Crippen LogP contribution in [0.5, 0.6) is 0 Å². The molecular formula is C15H18N2S. The van der Waals surface area contributed by atoms with Gasteiger partial charge in [0, 0.05) is 22.5 Å². The Morgan fingerprint density at radius 3 is 2.44 bits per heavy atom. The third-order valence-corrected chi connectivity index (χ3v) is 4.10. The van der Waals surface area contributed by atoms with Crippen LogP contribution in [-0.2, 0) is 5.75 Å². The van der Waals surface area contributed by atoms with Gasteiger partial charge in [0.05, 0.1) is 5.69 Å². The minimum atomic E-state index is 0.860. The van der Waals surface area contributed by atoms with E-state index in [9.17, 15) is 0 Å². The number of aryl methyl sites for hydroxylation is 2. The van der Waals surface area contributed by atoms with Crippen molar-refractivity contribution in [2.75, 3.05) is 5.73 Å². The van der Waals surface area contributed by atoms with Crippen LogP contribution in [0.2, 0.25) is 0 Å². The number of hydrogen-bond donors (Lipinski definition) is 1. The predicted octanol–water partition coefficient (Wildman–Crippen LogP) is 3.88. The summed E-state index contributed by atoms with van der Waals surface area (Å²) in [4.78, 5) is 5.74. The number of rotatable bonds is 3. The second kappa shape index (κ2) is 5.44. The van der Waals surface area contributed by atoms with E-state index >= 15 is 0 Å². The van der Waals surface area contributed by atoms with E-state index in [0.717, 1.165) is 28.3 Å². The summed E-state index contributed by atoms with van der Waals surface area (Å²) in [6.45, 7) is 6.13. The fourth-order valence-electron chi connectivity index (χ4n) is 1.72. The molecule has 0 saturated heterocycles. The first-order chi connectivity index (χ1) is 8.58. The van der Waals surface area contributed by atoms with Crippen LogP contribution in [0.4, 0.5) is 5.69 Å². The van der Waals surface area contributed by atoms with E-state index in [1.807, 2.05) is 20.0 Å². The van der Waals surface area contributed by atoms with E-state index in [-0.39, 0.29) is 0 Å². The highest BCUT2D eigenvalue weighted by Gasteiger charge is 2.06. The zero-order valence-corrected chi connectivity index (χ0v) is 11.8. The third kappa shape index (κ3) is 2.85. The molecule has 0 unspecified atom stereocenters. The molecule has 2 aromatic rings. The van der Waals surface area contributed by atoms with E-state index in [0.29, 0.717) is 0 Å². The molecule has 0 atom stereocenters. The summed E-state index contributed by atoms with van der Waals surface area (Å²) in [5, 5.41) is 0. The number of benzene rings is 1. The van der Waals surface area contributed by atoms with Crippen molar-refractivity contribution in [3.63, 3.8) is 0 Å². The SMILES string of the molecule is Cc1ccc(SCc2ncc(C)c(N)c2C)cc1. The zero-order valence-electron chi connectivity index (χ0n) is 11.0. The highest BCUT2D eigenvalue weighted by Crippen LogP contribution is 2.26. The standard InChI is InChI=1S/C15H18N2S/c1-10-4-6-13(7-5-10)18-9-14-12(3)15(16)11(2)8-17-14/h4-8H,9H2,1-3H3,(H2,16,17). The number of aromatic nitrogens is 1. The average molecular weight is 258 g/mol. The van der Waals surface area contributed by atoms with Gasteiger partial charge in [-0.25, -0.2) is 0 Å². The molecule has 0 aliphatic heterocycles. The van der Waals surface area contributed by atoms with Gasteiger partial charge in [-0.3, -0.25) is 4.98 Å². The summed E-state index contributed by atoms with van der Waals surface area (Å²) < 4.78 is 0. The minimum absolute atomic E-state index is 0.860. The Labute approximate surface area is 113 Å². The molecule has 0 saturated carbocycles. The van der Waals surface area contributed by atoms with Crippen LogP contribution in [0, 0.1) is 20.8 Å². The number of anilines is 1. The number of thioether (sulfide) groups is 1. The number of nitrogens with zero attached hydrogens (tertiary/aromatic N) is 1. The highest BCUT2D eigenvalue weighted by molar-refractivity contribution is 7.98. The van der Waals surface area contributed by atoms with Crippen molar-refractivity contribution in [2.45, 2.75) is 31.4 Å². The summed E-state index contributed by atoms with van der Waals surface area (Å²) in [5.41, 5.74) is 11.4. The molecule has 2 rings (SSSR count). The monoisotopic (exact) mass is 258 g/mol. The molecule has 1 aromatic carbocycles. The van der Waals surface area contributed by atoms with Crippen molar-refractivity contribution >= 4 is 17.4 Å². The van der Waals surface area contributed by atoms with Crippen LogP contribution in [0.15, 0.2) is 35.4 Å². The van der Waals surface area contributed by atoms with Crippen LogP contribution >= 0.6 is 11.8 Å². The second-order valence-electron chi connectivity index (χ2n) is 4.53. The van der Waals surface area contributed by atoms with Gasteiger partial charge in [-0.2, -0.15) is 0 Å². The van der Waals surface area contributed by atoms with Gasteiger partial charge in [0.2, 0.25) is 0 Å². The smallest absolute Gasteiger partial charge is 0.0556 e. The first-order valence-electron chi connectivity index (χ1n) is 5.98. The maximum absolute atomic E-state index is 6.02. The Morgan fingerprint density at radius 2 is 1.78 bits per heavy atom. The summed E-state index contributed by atoms with van der Waals surface area (Å²) in [6, 6.07) is 8.55. The van der Waals surface area contributed by atoms with Crippen LogP contribution < -0.4 is 5.73 Å². The molecule has 0 aliphatic rings. The Bertz CT molecular complexity index is 547. The maximum atomic E-state index is 6.02. The fraction of sp³-hybridized carbons (Fsp3) is 0.267. The first kappa shape index (κ1) is 13.0. The fourth-order valence-corrected chi connectivity index (χ4v) is 2.65. The third-order valence-electron chi connectivity index (χ3n) is 3.07. The summed E-state index contributed by atoms with van der Waals surface area (Å²) in [7, 11) is 0. The number of nitrogens with two attached hydrogens (primary N) is 1. The van der Waals surface area contributed by atoms with E-state index in [2.05, 4.69) is 36.2 Å². The molecule has 0 amide bonds. The van der Waals surface area contributed by atoms with Crippen LogP contribution in [0.25, 0.3) is 0 Å². The second-order valence-corrected chi connectivity index (χ2v) is 5.58. The molecule has 0 aliphatic carbocycles. The number of hydrogen-bond acceptors (Lipinski definition) is 3. The molecular weight excluding hydrogens is 240 g/mol. The molecule has 94 valence electrons. The van der Waals surface area contributed by atoms with Gasteiger partial charge >= 0.3 is 0 Å². The molecule has 2 N–H and O–H groups in total. The predicted molar refractivity (Wildman–Crippen MR) is 78.9 cm³/mol. The normalized spacial score (nSPS) is 10.6. The Hall–Kier alpha value is -1.48. The van der Waals surface area contributed by atoms with Gasteiger partial charge in [0.1, 0.15) is 0 Å². The Balaban J connectivity index is 2.11. The highest BCUT2D eigenvalue weighted by atomic mass is 32.2. The molecule has 2 nitrogen and oxygen atoms in total. The maximum Gasteiger partial charge on any atom is 0.0556 e. The van der Waals surface area contributed by atoms with Gasteiger partial charge in [-0.1, -0.05) is 17.7 Å². The lowest BCUT2D eigenvalue weighted by atomic mass is 10.1. The van der Waals surface area contributed by atoms with E-state index in [1.165, 1.54) is 10.5 Å². The van der Waals surface area contributed by atoms with Crippen molar-refractivity contribution in [2.24, 2.45) is 0 Å². The van der Waals surface area contributed by atoms with Crippen LogP contribution in [-0.4, -0.2) is 4.98 Å². The van der Waals surface area contributed by atoms with Gasteiger partial charge in [0.25, 0.3) is 0 Å². The van der Waals surface area contributed by atoms with Crippen LogP contribution in [0.1, 0.15) is 22.4 Å². The summed E-state index contributed by atoms with van der Waals surface area (Å²) >= 11 is 1.79. The Morgan fingerprint density at radius 1 is 1.11 bits per heavy atom. The largest absolute Gasteiger partial charge is 0.398 e. The molecule has 1 aromatic heterocycles. The molecule has 1 heterocycles. The molecule has 0 spiro atoms. The van der Waals surface area contributed by atoms with Gasteiger partial charge in [-0.15, -0.1) is 11.8 Å². The lowest BCUT2D eigenvalue weighted by Gasteiger charge is -2.09. The number of nitrogen functional groups attached to an aromatic ring is 1. The quantitative estimate of drug-likeness (QED) is 0.849. The van der Waals surface area contributed by atoms with Crippen molar-refractivity contribution in [1.82, 2.24) is 4.98 Å². The Kier molecular flexibility index (Phi) is 3.92. The van der Waals surface area contributed by atoms with Crippen molar-refractivity contribution in [1.29, 1.82) is 0 Å². The molecule has 0 bridgehead atoms. The molecule has 0 radical (unpaired) electrons. The van der Waals surface area contributed by atoms with Crippen molar-refractivity contribution in [3.05, 3.63) is 52.8 Å². The molecule has 0 fully saturated rings. The topological polar surface area (TPSA) is 38.9 Å².